The van der Waals surface area contributed by atoms with E-state index >= 15 is 0 Å². The molecule has 0 radical (unpaired) electrons. The van der Waals surface area contributed by atoms with Gasteiger partial charge in [-0.1, -0.05) is 23.5 Å². The third-order valence-electron chi connectivity index (χ3n) is 3.18. The SMILES string of the molecule is COc1cc(-c2ccc3nc(NC(C)=O)sc3c2)ccc1S. The fourth-order valence-electron chi connectivity index (χ4n) is 2.17. The average molecular weight is 330 g/mol. The first kappa shape index (κ1) is 14.9. The van der Waals surface area contributed by atoms with E-state index in [1.807, 2.05) is 30.3 Å². The summed E-state index contributed by atoms with van der Waals surface area (Å²) in [7, 11) is 1.63. The molecule has 0 atom stereocenters. The Morgan fingerprint density at radius 3 is 2.68 bits per heavy atom. The first-order valence-corrected chi connectivity index (χ1v) is 7.89. The summed E-state index contributed by atoms with van der Waals surface area (Å²) < 4.78 is 6.33. The topological polar surface area (TPSA) is 51.2 Å². The third-order valence-corrected chi connectivity index (χ3v) is 4.49. The van der Waals surface area contributed by atoms with Gasteiger partial charge in [-0.3, -0.25) is 4.79 Å². The second kappa shape index (κ2) is 5.98. The molecule has 4 nitrogen and oxygen atoms in total. The van der Waals surface area contributed by atoms with Crippen molar-refractivity contribution in [2.75, 3.05) is 12.4 Å². The largest absolute Gasteiger partial charge is 0.496 e. The van der Waals surface area contributed by atoms with E-state index in [1.165, 1.54) is 18.3 Å². The van der Waals surface area contributed by atoms with Gasteiger partial charge in [0.25, 0.3) is 0 Å². The fraction of sp³-hybridized carbons (Fsp3) is 0.125. The number of thiazole rings is 1. The molecule has 22 heavy (non-hydrogen) atoms. The molecule has 0 spiro atoms. The molecular formula is C16H14N2O2S2. The predicted molar refractivity (Wildman–Crippen MR) is 93.2 cm³/mol. The molecule has 0 saturated heterocycles. The van der Waals surface area contributed by atoms with Crippen molar-refractivity contribution in [3.05, 3.63) is 36.4 Å². The molecular weight excluding hydrogens is 316 g/mol. The van der Waals surface area contributed by atoms with Crippen LogP contribution in [-0.2, 0) is 4.79 Å². The Morgan fingerprint density at radius 2 is 1.95 bits per heavy atom. The van der Waals surface area contributed by atoms with E-state index in [2.05, 4.69) is 29.0 Å². The van der Waals surface area contributed by atoms with E-state index in [0.717, 1.165) is 32.0 Å². The molecule has 1 amide bonds. The number of fused-ring (bicyclic) bond motifs is 1. The first-order chi connectivity index (χ1) is 10.6. The maximum atomic E-state index is 11.1. The molecule has 1 N–H and O–H groups in total. The number of rotatable bonds is 3. The number of hydrogen-bond acceptors (Lipinski definition) is 5. The fourth-order valence-corrected chi connectivity index (χ4v) is 3.35. The number of aromatic nitrogens is 1. The van der Waals surface area contributed by atoms with Crippen LogP contribution in [0.3, 0.4) is 0 Å². The van der Waals surface area contributed by atoms with Crippen molar-refractivity contribution in [2.45, 2.75) is 11.8 Å². The molecule has 6 heteroatoms. The number of nitrogens with zero attached hydrogens (tertiary/aromatic N) is 1. The molecule has 3 aromatic rings. The molecule has 1 aromatic heterocycles. The molecule has 2 aromatic carbocycles. The summed E-state index contributed by atoms with van der Waals surface area (Å²) in [5.41, 5.74) is 2.98. The number of anilines is 1. The normalized spacial score (nSPS) is 10.7. The Labute approximate surface area is 137 Å². The molecule has 0 fully saturated rings. The summed E-state index contributed by atoms with van der Waals surface area (Å²) in [6.07, 6.45) is 0. The van der Waals surface area contributed by atoms with Crippen molar-refractivity contribution in [2.24, 2.45) is 0 Å². The zero-order valence-corrected chi connectivity index (χ0v) is 13.8. The van der Waals surface area contributed by atoms with Gasteiger partial charge in [0.15, 0.2) is 5.13 Å². The Morgan fingerprint density at radius 1 is 1.23 bits per heavy atom. The van der Waals surface area contributed by atoms with Crippen molar-refractivity contribution >= 4 is 45.2 Å². The zero-order valence-electron chi connectivity index (χ0n) is 12.1. The van der Waals surface area contributed by atoms with Gasteiger partial charge in [-0.2, -0.15) is 0 Å². The highest BCUT2D eigenvalue weighted by molar-refractivity contribution is 7.80. The minimum atomic E-state index is -0.117. The number of carbonyl (C=O) groups is 1. The van der Waals surface area contributed by atoms with Crippen molar-refractivity contribution in [3.8, 4) is 16.9 Å². The van der Waals surface area contributed by atoms with E-state index in [1.54, 1.807) is 7.11 Å². The van der Waals surface area contributed by atoms with Crippen LogP contribution in [0.4, 0.5) is 5.13 Å². The van der Waals surface area contributed by atoms with Crippen LogP contribution in [0.5, 0.6) is 5.75 Å². The summed E-state index contributed by atoms with van der Waals surface area (Å²) in [6.45, 7) is 1.47. The Kier molecular flexibility index (Phi) is 4.04. The first-order valence-electron chi connectivity index (χ1n) is 6.62. The molecule has 0 saturated carbocycles. The van der Waals surface area contributed by atoms with Crippen LogP contribution in [-0.4, -0.2) is 18.0 Å². The van der Waals surface area contributed by atoms with Crippen LogP contribution < -0.4 is 10.1 Å². The summed E-state index contributed by atoms with van der Waals surface area (Å²) in [4.78, 5) is 16.3. The van der Waals surface area contributed by atoms with Crippen LogP contribution in [0.15, 0.2) is 41.3 Å². The molecule has 1 heterocycles. The minimum Gasteiger partial charge on any atom is -0.496 e. The van der Waals surface area contributed by atoms with Crippen LogP contribution in [0.25, 0.3) is 21.3 Å². The second-order valence-electron chi connectivity index (χ2n) is 4.77. The van der Waals surface area contributed by atoms with Crippen molar-refractivity contribution < 1.29 is 9.53 Å². The van der Waals surface area contributed by atoms with Gasteiger partial charge in [0.2, 0.25) is 5.91 Å². The van der Waals surface area contributed by atoms with E-state index in [0.29, 0.717) is 5.13 Å². The molecule has 0 aliphatic carbocycles. The average Bonchev–Trinajstić information content (AvgIpc) is 2.88. The monoisotopic (exact) mass is 330 g/mol. The number of thiol groups is 1. The maximum Gasteiger partial charge on any atom is 0.223 e. The minimum absolute atomic E-state index is 0.117. The number of nitrogens with one attached hydrogen (secondary N) is 1. The Balaban J connectivity index is 2.02. The smallest absolute Gasteiger partial charge is 0.223 e. The standard InChI is InChI=1S/C16H14N2O2S2/c1-9(19)17-16-18-12-5-3-11(8-15(12)22-16)10-4-6-14(21)13(7-10)20-2/h3-8,21H,1-2H3,(H,17,18,19). The lowest BCUT2D eigenvalue weighted by Gasteiger charge is -2.07. The number of carbonyl (C=O) groups excluding carboxylic acids is 1. The van der Waals surface area contributed by atoms with Crippen LogP contribution >= 0.6 is 24.0 Å². The zero-order chi connectivity index (χ0) is 15.7. The Bertz CT molecular complexity index is 858. The summed E-state index contributed by atoms with van der Waals surface area (Å²) in [6, 6.07) is 11.9. The van der Waals surface area contributed by atoms with Gasteiger partial charge in [0, 0.05) is 11.8 Å². The maximum absolute atomic E-state index is 11.1. The van der Waals surface area contributed by atoms with Crippen molar-refractivity contribution in [1.29, 1.82) is 0 Å². The quantitative estimate of drug-likeness (QED) is 0.707. The molecule has 0 unspecified atom stereocenters. The van der Waals surface area contributed by atoms with E-state index in [9.17, 15) is 4.79 Å². The van der Waals surface area contributed by atoms with Gasteiger partial charge in [-0.05, 0) is 35.4 Å². The lowest BCUT2D eigenvalue weighted by atomic mass is 10.1. The summed E-state index contributed by atoms with van der Waals surface area (Å²) in [5, 5.41) is 3.33. The van der Waals surface area contributed by atoms with E-state index in [4.69, 9.17) is 4.74 Å². The molecule has 0 aliphatic heterocycles. The van der Waals surface area contributed by atoms with Gasteiger partial charge < -0.3 is 10.1 Å². The number of ether oxygens (including phenoxy) is 1. The van der Waals surface area contributed by atoms with E-state index in [-0.39, 0.29) is 5.91 Å². The highest BCUT2D eigenvalue weighted by Gasteiger charge is 2.08. The number of methoxy groups -OCH3 is 1. The van der Waals surface area contributed by atoms with Crippen molar-refractivity contribution in [3.63, 3.8) is 0 Å². The number of hydrogen-bond donors (Lipinski definition) is 2. The van der Waals surface area contributed by atoms with Gasteiger partial charge in [0.1, 0.15) is 5.75 Å². The van der Waals surface area contributed by atoms with Gasteiger partial charge in [-0.25, -0.2) is 4.98 Å². The summed E-state index contributed by atoms with van der Waals surface area (Å²) in [5.74, 6) is 0.623. The second-order valence-corrected chi connectivity index (χ2v) is 6.28. The van der Waals surface area contributed by atoms with Crippen LogP contribution in [0, 0.1) is 0 Å². The van der Waals surface area contributed by atoms with Gasteiger partial charge >= 0.3 is 0 Å². The lowest BCUT2D eigenvalue weighted by Crippen LogP contribution is -2.04. The number of benzene rings is 2. The van der Waals surface area contributed by atoms with Gasteiger partial charge in [0.05, 0.1) is 17.3 Å². The third kappa shape index (κ3) is 2.93. The summed E-state index contributed by atoms with van der Waals surface area (Å²) >= 11 is 5.82. The molecule has 112 valence electrons. The van der Waals surface area contributed by atoms with E-state index < -0.39 is 0 Å². The predicted octanol–water partition coefficient (Wildman–Crippen LogP) is 4.22. The highest BCUT2D eigenvalue weighted by Crippen LogP contribution is 2.33. The number of amides is 1. The highest BCUT2D eigenvalue weighted by atomic mass is 32.1. The van der Waals surface area contributed by atoms with Crippen molar-refractivity contribution in [1.82, 2.24) is 4.98 Å². The van der Waals surface area contributed by atoms with Crippen LogP contribution in [0.1, 0.15) is 6.92 Å². The Hall–Kier alpha value is -2.05. The molecule has 0 bridgehead atoms. The lowest BCUT2D eigenvalue weighted by molar-refractivity contribution is -0.114. The molecule has 0 aliphatic rings. The van der Waals surface area contributed by atoms with Crippen LogP contribution in [0.2, 0.25) is 0 Å². The van der Waals surface area contributed by atoms with Gasteiger partial charge in [-0.15, -0.1) is 12.6 Å². The molecule has 3 rings (SSSR count).